The van der Waals surface area contributed by atoms with Crippen molar-refractivity contribution in [3.05, 3.63) is 60.2 Å². The van der Waals surface area contributed by atoms with Crippen LogP contribution in [0, 0.1) is 11.8 Å². The first-order chi connectivity index (χ1) is 12.0. The molecule has 1 fully saturated rings. The van der Waals surface area contributed by atoms with E-state index in [0.29, 0.717) is 17.9 Å². The smallest absolute Gasteiger partial charge is 0.253 e. The summed E-state index contributed by atoms with van der Waals surface area (Å²) in [5.74, 6) is 1.25. The number of hydrogen-bond donors (Lipinski definition) is 0. The van der Waals surface area contributed by atoms with Crippen molar-refractivity contribution in [2.75, 3.05) is 27.2 Å². The second kappa shape index (κ2) is 7.40. The van der Waals surface area contributed by atoms with E-state index in [-0.39, 0.29) is 5.91 Å². The topological polar surface area (TPSA) is 23.6 Å². The molecule has 1 saturated heterocycles. The lowest BCUT2D eigenvalue weighted by molar-refractivity contribution is 0.0780. The molecule has 1 aliphatic rings. The van der Waals surface area contributed by atoms with Gasteiger partial charge in [0.05, 0.1) is 0 Å². The summed E-state index contributed by atoms with van der Waals surface area (Å²) >= 11 is 0. The molecule has 1 amide bonds. The summed E-state index contributed by atoms with van der Waals surface area (Å²) in [5, 5.41) is 0. The van der Waals surface area contributed by atoms with Crippen LogP contribution < -0.4 is 0 Å². The van der Waals surface area contributed by atoms with Gasteiger partial charge in [0.2, 0.25) is 0 Å². The van der Waals surface area contributed by atoms with Crippen molar-refractivity contribution in [2.24, 2.45) is 11.8 Å². The van der Waals surface area contributed by atoms with Crippen molar-refractivity contribution in [2.45, 2.75) is 19.9 Å². The molecule has 0 unspecified atom stereocenters. The van der Waals surface area contributed by atoms with E-state index >= 15 is 0 Å². The minimum absolute atomic E-state index is 0.148. The zero-order valence-electron chi connectivity index (χ0n) is 15.6. The number of carbonyl (C=O) groups excluding carboxylic acids is 1. The van der Waals surface area contributed by atoms with Gasteiger partial charge in [-0.2, -0.15) is 0 Å². The minimum Gasteiger partial charge on any atom is -0.337 e. The highest BCUT2D eigenvalue weighted by atomic mass is 16.2. The van der Waals surface area contributed by atoms with Gasteiger partial charge in [0.15, 0.2) is 0 Å². The lowest BCUT2D eigenvalue weighted by atomic mass is 9.91. The minimum atomic E-state index is 0.148. The summed E-state index contributed by atoms with van der Waals surface area (Å²) in [5.41, 5.74) is 3.10. The Balaban J connectivity index is 1.75. The molecule has 0 spiro atoms. The third-order valence-electron chi connectivity index (χ3n) is 5.38. The van der Waals surface area contributed by atoms with E-state index in [0.717, 1.165) is 24.2 Å². The predicted molar refractivity (Wildman–Crippen MR) is 104 cm³/mol. The molecule has 2 aromatic rings. The summed E-state index contributed by atoms with van der Waals surface area (Å²) < 4.78 is 0. The number of likely N-dealkylation sites (N-methyl/N-ethyl adjacent to an activating group) is 1. The van der Waals surface area contributed by atoms with E-state index in [9.17, 15) is 4.79 Å². The van der Waals surface area contributed by atoms with Gasteiger partial charge in [0.25, 0.3) is 5.91 Å². The summed E-state index contributed by atoms with van der Waals surface area (Å²) in [4.78, 5) is 17.2. The van der Waals surface area contributed by atoms with Crippen molar-refractivity contribution in [3.8, 4) is 11.1 Å². The second-order valence-electron chi connectivity index (χ2n) is 7.59. The fourth-order valence-electron chi connectivity index (χ4n) is 3.80. The monoisotopic (exact) mass is 336 g/mol. The van der Waals surface area contributed by atoms with Crippen LogP contribution in [-0.4, -0.2) is 48.9 Å². The van der Waals surface area contributed by atoms with E-state index in [1.54, 1.807) is 0 Å². The molecular weight excluding hydrogens is 308 g/mol. The maximum absolute atomic E-state index is 12.9. The number of rotatable bonds is 4. The van der Waals surface area contributed by atoms with E-state index < -0.39 is 0 Å². The molecule has 3 rings (SSSR count). The quantitative estimate of drug-likeness (QED) is 0.842. The maximum atomic E-state index is 12.9. The highest BCUT2D eigenvalue weighted by molar-refractivity contribution is 5.95. The van der Waals surface area contributed by atoms with Crippen LogP contribution in [0.5, 0.6) is 0 Å². The van der Waals surface area contributed by atoms with Crippen molar-refractivity contribution in [3.63, 3.8) is 0 Å². The molecule has 3 heteroatoms. The van der Waals surface area contributed by atoms with Gasteiger partial charge in [-0.1, -0.05) is 56.3 Å². The molecular formula is C22H28N2O. The van der Waals surface area contributed by atoms with E-state index in [2.05, 4.69) is 45.0 Å². The predicted octanol–water partition coefficient (Wildman–Crippen LogP) is 4.01. The van der Waals surface area contributed by atoms with E-state index in [4.69, 9.17) is 0 Å². The van der Waals surface area contributed by atoms with Crippen LogP contribution in [0.1, 0.15) is 24.2 Å². The second-order valence-corrected chi connectivity index (χ2v) is 7.59. The van der Waals surface area contributed by atoms with Gasteiger partial charge in [-0.05, 0) is 49.2 Å². The zero-order valence-corrected chi connectivity index (χ0v) is 15.6. The molecule has 0 bridgehead atoms. The van der Waals surface area contributed by atoms with Crippen molar-refractivity contribution in [1.29, 1.82) is 0 Å². The first-order valence-corrected chi connectivity index (χ1v) is 9.08. The molecule has 2 aromatic carbocycles. The van der Waals surface area contributed by atoms with Crippen molar-refractivity contribution < 1.29 is 4.79 Å². The summed E-state index contributed by atoms with van der Waals surface area (Å²) in [6, 6.07) is 18.7. The van der Waals surface area contributed by atoms with Gasteiger partial charge >= 0.3 is 0 Å². The Labute approximate surface area is 151 Å². The molecule has 2 atom stereocenters. The van der Waals surface area contributed by atoms with Crippen LogP contribution >= 0.6 is 0 Å². The van der Waals surface area contributed by atoms with E-state index in [1.165, 1.54) is 5.56 Å². The zero-order chi connectivity index (χ0) is 18.0. The fourth-order valence-corrected chi connectivity index (χ4v) is 3.80. The van der Waals surface area contributed by atoms with Gasteiger partial charge in [0, 0.05) is 24.7 Å². The number of amides is 1. The van der Waals surface area contributed by atoms with Crippen LogP contribution in [0.3, 0.4) is 0 Å². The molecule has 25 heavy (non-hydrogen) atoms. The standard InChI is InChI=1S/C22H28N2O/c1-16(2)20-14-24(15-21(20)23(3)4)22(25)19-12-10-18(11-13-19)17-8-6-5-7-9-17/h5-13,16,20-21H,14-15H2,1-4H3/t20-,21+/m0/s1. The Kier molecular flexibility index (Phi) is 5.24. The molecule has 1 aliphatic heterocycles. The molecule has 132 valence electrons. The fraction of sp³-hybridized carbons (Fsp3) is 0.409. The number of likely N-dealkylation sites (tertiary alicyclic amines) is 1. The van der Waals surface area contributed by atoms with Gasteiger partial charge < -0.3 is 9.80 Å². The lowest BCUT2D eigenvalue weighted by Crippen LogP contribution is -2.37. The first kappa shape index (κ1) is 17.7. The largest absolute Gasteiger partial charge is 0.337 e. The lowest BCUT2D eigenvalue weighted by Gasteiger charge is -2.27. The summed E-state index contributed by atoms with van der Waals surface area (Å²) in [7, 11) is 4.23. The molecule has 0 N–H and O–H groups in total. The summed E-state index contributed by atoms with van der Waals surface area (Å²) in [6.07, 6.45) is 0. The number of carbonyl (C=O) groups is 1. The number of benzene rings is 2. The normalized spacial score (nSPS) is 20.5. The van der Waals surface area contributed by atoms with Crippen molar-refractivity contribution >= 4 is 5.91 Å². The molecule has 0 radical (unpaired) electrons. The first-order valence-electron chi connectivity index (χ1n) is 9.08. The SMILES string of the molecule is CC(C)[C@@H]1CN(C(=O)c2ccc(-c3ccccc3)cc2)C[C@H]1N(C)C. The third-order valence-corrected chi connectivity index (χ3v) is 5.38. The molecule has 3 nitrogen and oxygen atoms in total. The Bertz CT molecular complexity index is 691. The summed E-state index contributed by atoms with van der Waals surface area (Å²) in [6.45, 7) is 6.17. The molecule has 1 heterocycles. The van der Waals surface area contributed by atoms with Gasteiger partial charge in [-0.25, -0.2) is 0 Å². The van der Waals surface area contributed by atoms with Crippen molar-refractivity contribution in [1.82, 2.24) is 9.80 Å². The van der Waals surface area contributed by atoms with Crippen LogP contribution in [0.4, 0.5) is 0 Å². The molecule has 0 aromatic heterocycles. The van der Waals surface area contributed by atoms with Crippen LogP contribution in [0.25, 0.3) is 11.1 Å². The molecule has 0 aliphatic carbocycles. The maximum Gasteiger partial charge on any atom is 0.253 e. The Morgan fingerprint density at radius 3 is 2.08 bits per heavy atom. The Morgan fingerprint density at radius 2 is 1.56 bits per heavy atom. The van der Waals surface area contributed by atoms with Gasteiger partial charge in [-0.3, -0.25) is 4.79 Å². The highest BCUT2D eigenvalue weighted by Crippen LogP contribution is 2.28. The van der Waals surface area contributed by atoms with Crippen LogP contribution in [-0.2, 0) is 0 Å². The Hall–Kier alpha value is -2.13. The number of hydrogen-bond acceptors (Lipinski definition) is 2. The average Bonchev–Trinajstić information content (AvgIpc) is 3.08. The number of nitrogens with zero attached hydrogens (tertiary/aromatic N) is 2. The third kappa shape index (κ3) is 3.77. The molecule has 0 saturated carbocycles. The van der Waals surface area contributed by atoms with Crippen LogP contribution in [0.15, 0.2) is 54.6 Å². The van der Waals surface area contributed by atoms with Gasteiger partial charge in [0.1, 0.15) is 0 Å². The Morgan fingerprint density at radius 1 is 0.960 bits per heavy atom. The van der Waals surface area contributed by atoms with E-state index in [1.807, 2.05) is 47.4 Å². The van der Waals surface area contributed by atoms with Gasteiger partial charge in [-0.15, -0.1) is 0 Å². The highest BCUT2D eigenvalue weighted by Gasteiger charge is 2.38. The average molecular weight is 336 g/mol. The van der Waals surface area contributed by atoms with Crippen LogP contribution in [0.2, 0.25) is 0 Å².